The van der Waals surface area contributed by atoms with Crippen LogP contribution in [0.3, 0.4) is 0 Å². The molecule has 0 radical (unpaired) electrons. The molecule has 2 rings (SSSR count). The second kappa shape index (κ2) is 3.65. The Morgan fingerprint density at radius 2 is 2.07 bits per heavy atom. The van der Waals surface area contributed by atoms with Gasteiger partial charge in [-0.25, -0.2) is 14.4 Å². The summed E-state index contributed by atoms with van der Waals surface area (Å²) in [4.78, 5) is 8.06. The molecule has 1 heterocycles. The summed E-state index contributed by atoms with van der Waals surface area (Å²) in [5.74, 6) is 0.524. The highest BCUT2D eigenvalue weighted by molar-refractivity contribution is 5.57. The Labute approximate surface area is 86.8 Å². The fraction of sp³-hybridized carbons (Fsp3) is 0.0909. The van der Waals surface area contributed by atoms with Crippen LogP contribution in [-0.4, -0.2) is 9.97 Å². The molecule has 0 amide bonds. The van der Waals surface area contributed by atoms with E-state index in [0.717, 1.165) is 5.56 Å². The molecule has 76 valence electrons. The third kappa shape index (κ3) is 2.10. The maximum atomic E-state index is 13.1. The van der Waals surface area contributed by atoms with E-state index < -0.39 is 0 Å². The second-order valence-electron chi connectivity index (χ2n) is 3.32. The molecule has 0 saturated carbocycles. The van der Waals surface area contributed by atoms with Gasteiger partial charge in [0.15, 0.2) is 5.82 Å². The third-order valence-corrected chi connectivity index (χ3v) is 1.98. The molecule has 0 bridgehead atoms. The Bertz CT molecular complexity index is 477. The van der Waals surface area contributed by atoms with E-state index in [4.69, 9.17) is 5.73 Å². The number of hydrogen-bond acceptors (Lipinski definition) is 3. The first kappa shape index (κ1) is 9.58. The summed E-state index contributed by atoms with van der Waals surface area (Å²) in [6.07, 6.45) is 1.55. The van der Waals surface area contributed by atoms with Crippen LogP contribution in [0.2, 0.25) is 0 Å². The van der Waals surface area contributed by atoms with Gasteiger partial charge in [-0.05, 0) is 36.8 Å². The van der Waals surface area contributed by atoms with Crippen molar-refractivity contribution in [2.45, 2.75) is 6.92 Å². The molecule has 0 atom stereocenters. The molecule has 3 nitrogen and oxygen atoms in total. The predicted molar refractivity (Wildman–Crippen MR) is 56.6 cm³/mol. The quantitative estimate of drug-likeness (QED) is 0.772. The standard InChI is InChI=1S/C11H10FN3/c1-7-4-8(6-9(12)5-7)11-14-3-2-10(13)15-11/h2-6H,1H3,(H2,13,14,15). The van der Waals surface area contributed by atoms with Crippen molar-refractivity contribution in [3.8, 4) is 11.4 Å². The number of rotatable bonds is 1. The first-order chi connectivity index (χ1) is 7.15. The molecule has 0 saturated heterocycles. The summed E-state index contributed by atoms with van der Waals surface area (Å²) in [6, 6.07) is 6.26. The SMILES string of the molecule is Cc1cc(F)cc(-c2nccc(N)n2)c1. The zero-order valence-corrected chi connectivity index (χ0v) is 8.24. The smallest absolute Gasteiger partial charge is 0.161 e. The topological polar surface area (TPSA) is 51.8 Å². The van der Waals surface area contributed by atoms with E-state index >= 15 is 0 Å². The third-order valence-electron chi connectivity index (χ3n) is 1.98. The van der Waals surface area contributed by atoms with E-state index in [2.05, 4.69) is 9.97 Å². The summed E-state index contributed by atoms with van der Waals surface area (Å²) in [5, 5.41) is 0. The van der Waals surface area contributed by atoms with E-state index in [1.165, 1.54) is 12.1 Å². The molecule has 15 heavy (non-hydrogen) atoms. The summed E-state index contributed by atoms with van der Waals surface area (Å²) in [6.45, 7) is 1.82. The molecule has 2 aromatic rings. The number of aryl methyl sites for hydroxylation is 1. The van der Waals surface area contributed by atoms with Crippen LogP contribution >= 0.6 is 0 Å². The van der Waals surface area contributed by atoms with Gasteiger partial charge in [0.25, 0.3) is 0 Å². The fourth-order valence-electron chi connectivity index (χ4n) is 1.38. The van der Waals surface area contributed by atoms with Crippen LogP contribution in [0, 0.1) is 12.7 Å². The van der Waals surface area contributed by atoms with Crippen LogP contribution in [0.4, 0.5) is 10.2 Å². The monoisotopic (exact) mass is 203 g/mol. The summed E-state index contributed by atoms with van der Waals surface area (Å²) >= 11 is 0. The van der Waals surface area contributed by atoms with Crippen LogP contribution in [-0.2, 0) is 0 Å². The van der Waals surface area contributed by atoms with E-state index in [1.807, 2.05) is 13.0 Å². The molecule has 1 aromatic carbocycles. The summed E-state index contributed by atoms with van der Waals surface area (Å²) < 4.78 is 13.1. The second-order valence-corrected chi connectivity index (χ2v) is 3.32. The van der Waals surface area contributed by atoms with E-state index in [-0.39, 0.29) is 5.82 Å². The van der Waals surface area contributed by atoms with Crippen molar-refractivity contribution < 1.29 is 4.39 Å². The van der Waals surface area contributed by atoms with E-state index in [1.54, 1.807) is 12.3 Å². The Morgan fingerprint density at radius 1 is 1.27 bits per heavy atom. The number of anilines is 1. The summed E-state index contributed by atoms with van der Waals surface area (Å²) in [5.41, 5.74) is 7.00. The van der Waals surface area contributed by atoms with Crippen molar-refractivity contribution in [3.63, 3.8) is 0 Å². The molecule has 0 aliphatic rings. The van der Waals surface area contributed by atoms with E-state index in [9.17, 15) is 4.39 Å². The minimum Gasteiger partial charge on any atom is -0.384 e. The first-order valence-corrected chi connectivity index (χ1v) is 4.51. The van der Waals surface area contributed by atoms with Crippen molar-refractivity contribution >= 4 is 5.82 Å². The van der Waals surface area contributed by atoms with Gasteiger partial charge in [-0.15, -0.1) is 0 Å². The van der Waals surface area contributed by atoms with Crippen LogP contribution in [0.25, 0.3) is 11.4 Å². The first-order valence-electron chi connectivity index (χ1n) is 4.51. The molecule has 1 aromatic heterocycles. The Hall–Kier alpha value is -1.97. The minimum absolute atomic E-state index is 0.295. The molecule has 0 aliphatic heterocycles. The molecule has 2 N–H and O–H groups in total. The number of nitrogen functional groups attached to an aromatic ring is 1. The van der Waals surface area contributed by atoms with Crippen molar-refractivity contribution in [3.05, 3.63) is 41.8 Å². The molecule has 0 spiro atoms. The Kier molecular flexibility index (Phi) is 2.33. The number of nitrogens with two attached hydrogens (primary N) is 1. The van der Waals surface area contributed by atoms with Gasteiger partial charge < -0.3 is 5.73 Å². The van der Waals surface area contributed by atoms with Gasteiger partial charge in [-0.3, -0.25) is 0 Å². The highest BCUT2D eigenvalue weighted by atomic mass is 19.1. The van der Waals surface area contributed by atoms with Crippen LogP contribution in [0.5, 0.6) is 0 Å². The van der Waals surface area contributed by atoms with Gasteiger partial charge in [0.05, 0.1) is 0 Å². The van der Waals surface area contributed by atoms with Crippen molar-refractivity contribution in [1.82, 2.24) is 9.97 Å². The van der Waals surface area contributed by atoms with Crippen molar-refractivity contribution in [2.75, 3.05) is 5.73 Å². The molecule has 0 unspecified atom stereocenters. The summed E-state index contributed by atoms with van der Waals surface area (Å²) in [7, 11) is 0. The van der Waals surface area contributed by atoms with Crippen LogP contribution < -0.4 is 5.73 Å². The molecule has 4 heteroatoms. The van der Waals surface area contributed by atoms with Gasteiger partial charge in [-0.1, -0.05) is 0 Å². The number of hydrogen-bond donors (Lipinski definition) is 1. The average molecular weight is 203 g/mol. The maximum Gasteiger partial charge on any atom is 0.161 e. The number of nitrogens with zero attached hydrogens (tertiary/aromatic N) is 2. The maximum absolute atomic E-state index is 13.1. The highest BCUT2D eigenvalue weighted by Gasteiger charge is 2.03. The van der Waals surface area contributed by atoms with Crippen molar-refractivity contribution in [1.29, 1.82) is 0 Å². The van der Waals surface area contributed by atoms with Gasteiger partial charge >= 0.3 is 0 Å². The van der Waals surface area contributed by atoms with Crippen molar-refractivity contribution in [2.24, 2.45) is 0 Å². The lowest BCUT2D eigenvalue weighted by Crippen LogP contribution is -1.95. The van der Waals surface area contributed by atoms with E-state index in [0.29, 0.717) is 17.2 Å². The number of aromatic nitrogens is 2. The molecule has 0 fully saturated rings. The molecule has 0 aliphatic carbocycles. The lowest BCUT2D eigenvalue weighted by atomic mass is 10.1. The fourth-order valence-corrected chi connectivity index (χ4v) is 1.38. The number of benzene rings is 1. The average Bonchev–Trinajstić information content (AvgIpc) is 2.16. The predicted octanol–water partition coefficient (Wildman–Crippen LogP) is 2.17. The normalized spacial score (nSPS) is 10.3. The minimum atomic E-state index is -0.295. The van der Waals surface area contributed by atoms with Gasteiger partial charge in [0.2, 0.25) is 0 Å². The van der Waals surface area contributed by atoms with Crippen LogP contribution in [0.1, 0.15) is 5.56 Å². The highest BCUT2D eigenvalue weighted by Crippen LogP contribution is 2.18. The molecular formula is C11H10FN3. The van der Waals surface area contributed by atoms with Gasteiger partial charge in [0, 0.05) is 11.8 Å². The number of halogens is 1. The Morgan fingerprint density at radius 3 is 2.73 bits per heavy atom. The lowest BCUT2D eigenvalue weighted by molar-refractivity contribution is 0.627. The lowest BCUT2D eigenvalue weighted by Gasteiger charge is -2.02. The van der Waals surface area contributed by atoms with Crippen LogP contribution in [0.15, 0.2) is 30.5 Å². The van der Waals surface area contributed by atoms with Gasteiger partial charge in [-0.2, -0.15) is 0 Å². The molecular weight excluding hydrogens is 193 g/mol. The van der Waals surface area contributed by atoms with Gasteiger partial charge in [0.1, 0.15) is 11.6 Å². The zero-order chi connectivity index (χ0) is 10.8. The zero-order valence-electron chi connectivity index (χ0n) is 8.24. The largest absolute Gasteiger partial charge is 0.384 e. The Balaban J connectivity index is 2.54.